The molecule has 0 radical (unpaired) electrons. The number of hydrogen-bond donors (Lipinski definition) is 3. The summed E-state index contributed by atoms with van der Waals surface area (Å²) >= 11 is 0. The molecule has 4 rings (SSSR count). The predicted octanol–water partition coefficient (Wildman–Crippen LogP) is 3.24. The molecule has 7 heteroatoms. The minimum absolute atomic E-state index is 0.0810. The molecular weight excluding hydrogens is 344 g/mol. The van der Waals surface area contributed by atoms with E-state index < -0.39 is 6.10 Å². The number of rotatable bonds is 5. The number of imidazole rings is 1. The van der Waals surface area contributed by atoms with Crippen LogP contribution >= 0.6 is 0 Å². The molecule has 3 N–H and O–H groups in total. The van der Waals surface area contributed by atoms with Gasteiger partial charge in [0.25, 0.3) is 5.91 Å². The minimum Gasteiger partial charge on any atom is -0.479 e. The highest BCUT2D eigenvalue weighted by atomic mass is 16.5. The van der Waals surface area contributed by atoms with Crippen LogP contribution in [0.4, 0.5) is 11.4 Å². The van der Waals surface area contributed by atoms with Gasteiger partial charge in [-0.3, -0.25) is 9.59 Å². The van der Waals surface area contributed by atoms with Gasteiger partial charge in [-0.25, -0.2) is 4.98 Å². The lowest BCUT2D eigenvalue weighted by Gasteiger charge is -2.23. The lowest BCUT2D eigenvalue weighted by molar-refractivity contribution is -0.122. The summed E-state index contributed by atoms with van der Waals surface area (Å²) in [5.41, 5.74) is 3.13. The molecule has 1 aromatic heterocycles. The lowest BCUT2D eigenvalue weighted by Crippen LogP contribution is -2.34. The Bertz CT molecular complexity index is 978. The predicted molar refractivity (Wildman–Crippen MR) is 103 cm³/mol. The molecule has 2 amide bonds. The van der Waals surface area contributed by atoms with E-state index in [4.69, 9.17) is 4.74 Å². The molecule has 1 atom stereocenters. The van der Waals surface area contributed by atoms with Crippen LogP contribution in [0.25, 0.3) is 11.0 Å². The van der Waals surface area contributed by atoms with E-state index in [1.54, 1.807) is 25.1 Å². The Labute approximate surface area is 156 Å². The SMILES string of the molecule is CC1Oc2ccc(NC(=O)CCCc3nc4ccccc4[nH]3)cc2NC1=O. The maximum absolute atomic E-state index is 12.2. The summed E-state index contributed by atoms with van der Waals surface area (Å²) in [6.07, 6.45) is 1.26. The Balaban J connectivity index is 1.31. The number of hydrogen-bond acceptors (Lipinski definition) is 4. The third kappa shape index (κ3) is 3.76. The van der Waals surface area contributed by atoms with Crippen LogP contribution < -0.4 is 15.4 Å². The maximum Gasteiger partial charge on any atom is 0.265 e. The van der Waals surface area contributed by atoms with Gasteiger partial charge in [-0.05, 0) is 43.7 Å². The van der Waals surface area contributed by atoms with Crippen molar-refractivity contribution in [1.82, 2.24) is 9.97 Å². The largest absolute Gasteiger partial charge is 0.479 e. The Morgan fingerprint density at radius 2 is 2.11 bits per heavy atom. The second-order valence-corrected chi connectivity index (χ2v) is 6.56. The number of H-pyrrole nitrogens is 1. The van der Waals surface area contributed by atoms with E-state index in [2.05, 4.69) is 20.6 Å². The Kier molecular flexibility index (Phi) is 4.50. The summed E-state index contributed by atoms with van der Waals surface area (Å²) in [6, 6.07) is 13.1. The number of para-hydroxylation sites is 2. The van der Waals surface area contributed by atoms with Gasteiger partial charge in [-0.2, -0.15) is 0 Å². The van der Waals surface area contributed by atoms with Crippen LogP contribution in [0.5, 0.6) is 5.75 Å². The lowest BCUT2D eigenvalue weighted by atomic mass is 10.2. The van der Waals surface area contributed by atoms with Gasteiger partial charge in [0.2, 0.25) is 5.91 Å². The second-order valence-electron chi connectivity index (χ2n) is 6.56. The number of benzene rings is 2. The fourth-order valence-electron chi connectivity index (χ4n) is 3.05. The number of nitrogens with one attached hydrogen (secondary N) is 3. The molecule has 138 valence electrons. The van der Waals surface area contributed by atoms with Crippen LogP contribution in [0.2, 0.25) is 0 Å². The number of aryl methyl sites for hydroxylation is 1. The van der Waals surface area contributed by atoms with Gasteiger partial charge in [-0.1, -0.05) is 12.1 Å². The number of fused-ring (bicyclic) bond motifs is 2. The number of anilines is 2. The summed E-state index contributed by atoms with van der Waals surface area (Å²) < 4.78 is 5.51. The van der Waals surface area contributed by atoms with Gasteiger partial charge >= 0.3 is 0 Å². The molecule has 2 aromatic carbocycles. The van der Waals surface area contributed by atoms with Crippen LogP contribution in [0.15, 0.2) is 42.5 Å². The standard InChI is InChI=1S/C20H20N4O3/c1-12-20(26)24-16-11-13(9-10-17(16)27-12)21-19(25)8-4-7-18-22-14-5-2-3-6-15(14)23-18/h2-3,5-6,9-12H,4,7-8H2,1H3,(H,21,25)(H,22,23)(H,24,26). The first kappa shape index (κ1) is 17.1. The number of amides is 2. The average molecular weight is 364 g/mol. The Morgan fingerprint density at radius 1 is 1.26 bits per heavy atom. The number of nitrogens with zero attached hydrogens (tertiary/aromatic N) is 1. The molecule has 0 fully saturated rings. The van der Waals surface area contributed by atoms with Gasteiger partial charge in [-0.15, -0.1) is 0 Å². The monoisotopic (exact) mass is 364 g/mol. The third-order valence-corrected chi connectivity index (χ3v) is 4.45. The van der Waals surface area contributed by atoms with Crippen molar-refractivity contribution in [3.05, 3.63) is 48.3 Å². The molecule has 0 aliphatic carbocycles. The van der Waals surface area contributed by atoms with E-state index in [1.165, 1.54) is 0 Å². The van der Waals surface area contributed by atoms with E-state index >= 15 is 0 Å². The van der Waals surface area contributed by atoms with Crippen molar-refractivity contribution in [3.8, 4) is 5.75 Å². The average Bonchev–Trinajstić information content (AvgIpc) is 3.05. The molecule has 3 aromatic rings. The summed E-state index contributed by atoms with van der Waals surface area (Å²) in [5.74, 6) is 1.20. The molecule has 2 heterocycles. The zero-order valence-electron chi connectivity index (χ0n) is 14.9. The van der Waals surface area contributed by atoms with Crippen molar-refractivity contribution in [1.29, 1.82) is 0 Å². The highest BCUT2D eigenvalue weighted by Gasteiger charge is 2.23. The van der Waals surface area contributed by atoms with E-state index in [0.717, 1.165) is 16.9 Å². The van der Waals surface area contributed by atoms with Crippen LogP contribution in [0.3, 0.4) is 0 Å². The van der Waals surface area contributed by atoms with Gasteiger partial charge in [0.05, 0.1) is 16.7 Å². The maximum atomic E-state index is 12.2. The zero-order valence-corrected chi connectivity index (χ0v) is 14.9. The fourth-order valence-corrected chi connectivity index (χ4v) is 3.05. The molecular formula is C20H20N4O3. The molecule has 1 aliphatic heterocycles. The normalized spacial score (nSPS) is 15.7. The third-order valence-electron chi connectivity index (χ3n) is 4.45. The molecule has 27 heavy (non-hydrogen) atoms. The molecule has 0 saturated carbocycles. The molecule has 0 spiro atoms. The number of aromatic amines is 1. The van der Waals surface area contributed by atoms with Gasteiger partial charge in [0, 0.05) is 18.5 Å². The first-order valence-corrected chi connectivity index (χ1v) is 8.93. The van der Waals surface area contributed by atoms with E-state index in [-0.39, 0.29) is 11.8 Å². The summed E-state index contributed by atoms with van der Waals surface area (Å²) in [4.78, 5) is 31.7. The molecule has 1 aliphatic rings. The molecule has 0 bridgehead atoms. The first-order valence-electron chi connectivity index (χ1n) is 8.93. The van der Waals surface area contributed by atoms with Crippen molar-refractivity contribution >= 4 is 34.2 Å². The summed E-state index contributed by atoms with van der Waals surface area (Å²) in [7, 11) is 0. The summed E-state index contributed by atoms with van der Waals surface area (Å²) in [5, 5.41) is 5.63. The summed E-state index contributed by atoms with van der Waals surface area (Å²) in [6.45, 7) is 1.69. The Morgan fingerprint density at radius 3 is 2.96 bits per heavy atom. The topological polar surface area (TPSA) is 96.1 Å². The van der Waals surface area contributed by atoms with Gasteiger partial charge in [0.15, 0.2) is 6.10 Å². The van der Waals surface area contributed by atoms with Gasteiger partial charge < -0.3 is 20.4 Å². The molecule has 1 unspecified atom stereocenters. The fraction of sp³-hybridized carbons (Fsp3) is 0.250. The number of ether oxygens (including phenoxy) is 1. The van der Waals surface area contributed by atoms with E-state index in [9.17, 15) is 9.59 Å². The molecule has 7 nitrogen and oxygen atoms in total. The van der Waals surface area contributed by atoms with Crippen LogP contribution in [-0.2, 0) is 16.0 Å². The number of carbonyl (C=O) groups excluding carboxylic acids is 2. The molecule has 0 saturated heterocycles. The zero-order chi connectivity index (χ0) is 18.8. The van der Waals surface area contributed by atoms with Crippen molar-refractivity contribution in [2.24, 2.45) is 0 Å². The highest BCUT2D eigenvalue weighted by molar-refractivity contribution is 5.99. The minimum atomic E-state index is -0.517. The van der Waals surface area contributed by atoms with Crippen molar-refractivity contribution in [3.63, 3.8) is 0 Å². The van der Waals surface area contributed by atoms with Crippen LogP contribution in [0, 0.1) is 0 Å². The highest BCUT2D eigenvalue weighted by Crippen LogP contribution is 2.32. The van der Waals surface area contributed by atoms with Crippen molar-refractivity contribution in [2.45, 2.75) is 32.3 Å². The number of carbonyl (C=O) groups is 2. The first-order chi connectivity index (χ1) is 13.1. The quantitative estimate of drug-likeness (QED) is 0.647. The van der Waals surface area contributed by atoms with E-state index in [0.29, 0.717) is 36.4 Å². The van der Waals surface area contributed by atoms with Crippen LogP contribution in [-0.4, -0.2) is 27.9 Å². The Hall–Kier alpha value is -3.35. The van der Waals surface area contributed by atoms with E-state index in [1.807, 2.05) is 24.3 Å². The van der Waals surface area contributed by atoms with Crippen molar-refractivity contribution in [2.75, 3.05) is 10.6 Å². The van der Waals surface area contributed by atoms with Crippen molar-refractivity contribution < 1.29 is 14.3 Å². The van der Waals surface area contributed by atoms with Gasteiger partial charge in [0.1, 0.15) is 11.6 Å². The number of aromatic nitrogens is 2. The smallest absolute Gasteiger partial charge is 0.265 e. The second kappa shape index (κ2) is 7.11. The van der Waals surface area contributed by atoms with Crippen LogP contribution in [0.1, 0.15) is 25.6 Å².